The summed E-state index contributed by atoms with van der Waals surface area (Å²) in [6, 6.07) is 6.89. The molecule has 1 aromatic carbocycles. The minimum absolute atomic E-state index is 0.683. The van der Waals surface area contributed by atoms with Crippen molar-refractivity contribution in [2.24, 2.45) is 0 Å². The zero-order valence-corrected chi connectivity index (χ0v) is 10.4. The topological polar surface area (TPSA) is 0 Å². The van der Waals surface area contributed by atoms with Crippen molar-refractivity contribution in [1.29, 1.82) is 0 Å². The first kappa shape index (κ1) is 10.4. The molecule has 1 saturated heterocycles. The second-order valence-corrected chi connectivity index (χ2v) is 6.50. The fraction of sp³-hybridized carbons (Fsp3) is 0.500. The molecule has 0 aromatic heterocycles. The molecule has 0 saturated carbocycles. The van der Waals surface area contributed by atoms with Crippen molar-refractivity contribution in [3.63, 3.8) is 0 Å². The van der Waals surface area contributed by atoms with E-state index in [-0.39, 0.29) is 0 Å². The minimum Gasteiger partial charge on any atom is -0.143 e. The molecule has 0 radical (unpaired) electrons. The molecule has 0 unspecified atom stereocenters. The van der Waals surface area contributed by atoms with Gasteiger partial charge in [-0.3, -0.25) is 0 Å². The Morgan fingerprint density at radius 3 is 2.43 bits per heavy atom. The van der Waals surface area contributed by atoms with Crippen LogP contribution in [0.2, 0.25) is 0 Å². The summed E-state index contributed by atoms with van der Waals surface area (Å²) in [5.74, 6) is 2.65. The van der Waals surface area contributed by atoms with E-state index in [0.717, 1.165) is 0 Å². The molecule has 0 N–H and O–H groups in total. The van der Waals surface area contributed by atoms with Gasteiger partial charge in [0.25, 0.3) is 0 Å². The van der Waals surface area contributed by atoms with Crippen LogP contribution in [-0.4, -0.2) is 11.5 Å². The fourth-order valence-corrected chi connectivity index (χ4v) is 4.46. The Kier molecular flexibility index (Phi) is 3.45. The highest BCUT2D eigenvalue weighted by Gasteiger charge is 2.16. The number of thioether (sulfide) groups is 2. The van der Waals surface area contributed by atoms with Gasteiger partial charge in [-0.2, -0.15) is 0 Å². The predicted octanol–water partition coefficient (Wildman–Crippen LogP) is 4.17. The SMILES string of the molecule is Cc1ccc(C2SCCCS2)cc1C. The lowest BCUT2D eigenvalue weighted by molar-refractivity contribution is 1.10. The average molecular weight is 224 g/mol. The maximum absolute atomic E-state index is 2.35. The van der Waals surface area contributed by atoms with Crippen LogP contribution in [-0.2, 0) is 0 Å². The lowest BCUT2D eigenvalue weighted by Crippen LogP contribution is -2.00. The highest BCUT2D eigenvalue weighted by Crippen LogP contribution is 2.43. The molecule has 1 heterocycles. The first-order chi connectivity index (χ1) is 6.77. The smallest absolute Gasteiger partial charge is 0.0751 e. The Hall–Kier alpha value is -0.0800. The molecule has 1 fully saturated rings. The first-order valence-electron chi connectivity index (χ1n) is 5.08. The van der Waals surface area contributed by atoms with Crippen LogP contribution >= 0.6 is 23.5 Å². The van der Waals surface area contributed by atoms with Crippen LogP contribution in [0.15, 0.2) is 18.2 Å². The Morgan fingerprint density at radius 2 is 1.79 bits per heavy atom. The molecule has 14 heavy (non-hydrogen) atoms. The highest BCUT2D eigenvalue weighted by atomic mass is 32.2. The molecular formula is C12H16S2. The third-order valence-corrected chi connectivity index (χ3v) is 5.65. The summed E-state index contributed by atoms with van der Waals surface area (Å²) in [4.78, 5) is 0. The summed E-state index contributed by atoms with van der Waals surface area (Å²) >= 11 is 4.19. The molecule has 0 bridgehead atoms. The van der Waals surface area contributed by atoms with Crippen LogP contribution in [0.1, 0.15) is 27.7 Å². The van der Waals surface area contributed by atoms with E-state index in [2.05, 4.69) is 55.6 Å². The molecule has 0 amide bonds. The van der Waals surface area contributed by atoms with Crippen molar-refractivity contribution in [2.45, 2.75) is 24.9 Å². The van der Waals surface area contributed by atoms with Gasteiger partial charge in [0.1, 0.15) is 0 Å². The van der Waals surface area contributed by atoms with Crippen molar-refractivity contribution >= 4 is 23.5 Å². The van der Waals surface area contributed by atoms with E-state index in [1.807, 2.05) is 0 Å². The molecule has 1 aliphatic rings. The van der Waals surface area contributed by atoms with Gasteiger partial charge >= 0.3 is 0 Å². The highest BCUT2D eigenvalue weighted by molar-refractivity contribution is 8.16. The van der Waals surface area contributed by atoms with Crippen LogP contribution < -0.4 is 0 Å². The number of hydrogen-bond donors (Lipinski definition) is 0. The van der Waals surface area contributed by atoms with Crippen molar-refractivity contribution in [2.75, 3.05) is 11.5 Å². The summed E-state index contributed by atoms with van der Waals surface area (Å²) in [7, 11) is 0. The lowest BCUT2D eigenvalue weighted by Gasteiger charge is -2.21. The van der Waals surface area contributed by atoms with E-state index in [0.29, 0.717) is 4.58 Å². The molecule has 76 valence electrons. The second-order valence-electron chi connectivity index (χ2n) is 3.77. The van der Waals surface area contributed by atoms with Crippen LogP contribution in [0.5, 0.6) is 0 Å². The lowest BCUT2D eigenvalue weighted by atomic mass is 10.1. The number of rotatable bonds is 1. The van der Waals surface area contributed by atoms with Crippen molar-refractivity contribution < 1.29 is 0 Å². The van der Waals surface area contributed by atoms with Gasteiger partial charge < -0.3 is 0 Å². The van der Waals surface area contributed by atoms with Gasteiger partial charge in [0.15, 0.2) is 0 Å². The van der Waals surface area contributed by atoms with Crippen molar-refractivity contribution in [1.82, 2.24) is 0 Å². The predicted molar refractivity (Wildman–Crippen MR) is 68.2 cm³/mol. The van der Waals surface area contributed by atoms with E-state index in [1.165, 1.54) is 34.6 Å². The summed E-state index contributed by atoms with van der Waals surface area (Å²) < 4.78 is 0.683. The molecular weight excluding hydrogens is 208 g/mol. The van der Waals surface area contributed by atoms with Gasteiger partial charge in [0, 0.05) is 0 Å². The molecule has 2 heteroatoms. The normalized spacial score (nSPS) is 18.4. The van der Waals surface area contributed by atoms with Crippen LogP contribution in [0.25, 0.3) is 0 Å². The Morgan fingerprint density at radius 1 is 1.07 bits per heavy atom. The van der Waals surface area contributed by atoms with Gasteiger partial charge in [-0.1, -0.05) is 18.2 Å². The molecule has 2 rings (SSSR count). The zero-order chi connectivity index (χ0) is 9.97. The Labute approximate surface area is 94.9 Å². The monoisotopic (exact) mass is 224 g/mol. The minimum atomic E-state index is 0.683. The average Bonchev–Trinajstić information content (AvgIpc) is 2.23. The van der Waals surface area contributed by atoms with E-state index < -0.39 is 0 Å². The third kappa shape index (κ3) is 2.29. The standard InChI is InChI=1S/C12H16S2/c1-9-4-5-11(8-10(9)2)12-13-6-3-7-14-12/h4-5,8,12H,3,6-7H2,1-2H3. The molecule has 0 atom stereocenters. The number of benzene rings is 1. The summed E-state index contributed by atoms with van der Waals surface area (Å²) in [5, 5.41) is 0. The van der Waals surface area contributed by atoms with Gasteiger partial charge in [0.05, 0.1) is 4.58 Å². The van der Waals surface area contributed by atoms with E-state index >= 15 is 0 Å². The van der Waals surface area contributed by atoms with Gasteiger partial charge in [-0.25, -0.2) is 0 Å². The van der Waals surface area contributed by atoms with E-state index in [4.69, 9.17) is 0 Å². The molecule has 1 aliphatic heterocycles. The van der Waals surface area contributed by atoms with E-state index in [1.54, 1.807) is 0 Å². The van der Waals surface area contributed by atoms with E-state index in [9.17, 15) is 0 Å². The maximum atomic E-state index is 2.35. The van der Waals surface area contributed by atoms with Crippen LogP contribution in [0, 0.1) is 13.8 Å². The van der Waals surface area contributed by atoms with Gasteiger partial charge in [-0.15, -0.1) is 23.5 Å². The van der Waals surface area contributed by atoms with Gasteiger partial charge in [0.2, 0.25) is 0 Å². The zero-order valence-electron chi connectivity index (χ0n) is 8.75. The largest absolute Gasteiger partial charge is 0.143 e. The Balaban J connectivity index is 2.18. The number of hydrogen-bond acceptors (Lipinski definition) is 2. The van der Waals surface area contributed by atoms with Gasteiger partial charge in [-0.05, 0) is 48.5 Å². The second kappa shape index (κ2) is 4.63. The quantitative estimate of drug-likeness (QED) is 0.702. The maximum Gasteiger partial charge on any atom is 0.0751 e. The first-order valence-corrected chi connectivity index (χ1v) is 7.17. The summed E-state index contributed by atoms with van der Waals surface area (Å²) in [6.45, 7) is 4.39. The number of aryl methyl sites for hydroxylation is 2. The molecule has 0 spiro atoms. The summed E-state index contributed by atoms with van der Waals surface area (Å²) in [6.07, 6.45) is 1.37. The Bertz CT molecular complexity index is 314. The molecule has 1 aromatic rings. The van der Waals surface area contributed by atoms with Crippen molar-refractivity contribution in [3.05, 3.63) is 34.9 Å². The molecule has 0 aliphatic carbocycles. The molecule has 0 nitrogen and oxygen atoms in total. The third-order valence-electron chi connectivity index (χ3n) is 2.63. The fourth-order valence-electron chi connectivity index (χ4n) is 1.59. The van der Waals surface area contributed by atoms with Crippen LogP contribution in [0.3, 0.4) is 0 Å². The summed E-state index contributed by atoms with van der Waals surface area (Å²) in [5.41, 5.74) is 4.33. The van der Waals surface area contributed by atoms with Crippen molar-refractivity contribution in [3.8, 4) is 0 Å². The van der Waals surface area contributed by atoms with Crippen LogP contribution in [0.4, 0.5) is 0 Å².